The predicted molar refractivity (Wildman–Crippen MR) is 79.0 cm³/mol. The number of amides is 2. The molecule has 0 saturated carbocycles. The molecule has 21 heavy (non-hydrogen) atoms. The van der Waals surface area contributed by atoms with Gasteiger partial charge in [0.1, 0.15) is 0 Å². The third kappa shape index (κ3) is 4.09. The first kappa shape index (κ1) is 15.6. The zero-order valence-corrected chi connectivity index (χ0v) is 12.4. The molecule has 3 N–H and O–H groups in total. The zero-order valence-electron chi connectivity index (χ0n) is 11.6. The number of benzene rings is 1. The van der Waals surface area contributed by atoms with E-state index >= 15 is 0 Å². The summed E-state index contributed by atoms with van der Waals surface area (Å²) in [6.07, 6.45) is 1.89. The van der Waals surface area contributed by atoms with Crippen LogP contribution in [-0.4, -0.2) is 35.9 Å². The maximum absolute atomic E-state index is 11.8. The zero-order chi connectivity index (χ0) is 15.5. The van der Waals surface area contributed by atoms with E-state index in [-0.39, 0.29) is 16.2 Å². The minimum Gasteiger partial charge on any atom is -0.478 e. The Morgan fingerprint density at radius 2 is 2.24 bits per heavy atom. The van der Waals surface area contributed by atoms with Crippen molar-refractivity contribution in [2.75, 3.05) is 18.5 Å². The van der Waals surface area contributed by atoms with Crippen molar-refractivity contribution in [1.82, 2.24) is 5.32 Å². The number of rotatable bonds is 4. The SMILES string of the molecule is CC1(CNC(=O)Nc2ccc(C(=O)O)cc2Cl)CCCO1. The van der Waals surface area contributed by atoms with Gasteiger partial charge in [-0.15, -0.1) is 0 Å². The summed E-state index contributed by atoms with van der Waals surface area (Å²) in [4.78, 5) is 22.6. The molecule has 0 spiro atoms. The standard InChI is InChI=1S/C14H17ClN2O4/c1-14(5-2-6-21-14)8-16-13(20)17-11-4-3-9(12(18)19)7-10(11)15/h3-4,7H,2,5-6,8H2,1H3,(H,18,19)(H2,16,17,20). The summed E-state index contributed by atoms with van der Waals surface area (Å²) in [6.45, 7) is 3.07. The van der Waals surface area contributed by atoms with Gasteiger partial charge in [-0.2, -0.15) is 0 Å². The average Bonchev–Trinajstić information content (AvgIpc) is 2.86. The molecular formula is C14H17ClN2O4. The van der Waals surface area contributed by atoms with E-state index in [4.69, 9.17) is 21.4 Å². The molecule has 114 valence electrons. The minimum atomic E-state index is -1.07. The number of hydrogen-bond acceptors (Lipinski definition) is 3. The number of aromatic carboxylic acids is 1. The number of ether oxygens (including phenoxy) is 1. The van der Waals surface area contributed by atoms with Crippen molar-refractivity contribution in [3.8, 4) is 0 Å². The average molecular weight is 313 g/mol. The summed E-state index contributed by atoms with van der Waals surface area (Å²) in [5.74, 6) is -1.07. The van der Waals surface area contributed by atoms with E-state index in [1.54, 1.807) is 0 Å². The Balaban J connectivity index is 1.92. The second-order valence-electron chi connectivity index (χ2n) is 5.21. The van der Waals surface area contributed by atoms with Gasteiger partial charge in [0.15, 0.2) is 0 Å². The van der Waals surface area contributed by atoms with E-state index in [1.807, 2.05) is 6.92 Å². The fraction of sp³-hybridized carbons (Fsp3) is 0.429. The lowest BCUT2D eigenvalue weighted by molar-refractivity contribution is 0.0232. The molecule has 0 aromatic heterocycles. The Kier molecular flexibility index (Phi) is 4.69. The topological polar surface area (TPSA) is 87.7 Å². The molecule has 0 aliphatic carbocycles. The Morgan fingerprint density at radius 1 is 1.48 bits per heavy atom. The number of anilines is 1. The smallest absolute Gasteiger partial charge is 0.335 e. The van der Waals surface area contributed by atoms with Crippen molar-refractivity contribution < 1.29 is 19.4 Å². The van der Waals surface area contributed by atoms with E-state index in [1.165, 1.54) is 18.2 Å². The molecule has 1 aliphatic heterocycles. The Hall–Kier alpha value is -1.79. The molecule has 1 aromatic rings. The highest BCUT2D eigenvalue weighted by Crippen LogP contribution is 2.25. The van der Waals surface area contributed by atoms with E-state index in [2.05, 4.69) is 10.6 Å². The molecule has 1 aromatic carbocycles. The highest BCUT2D eigenvalue weighted by Gasteiger charge is 2.30. The van der Waals surface area contributed by atoms with Gasteiger partial charge in [-0.3, -0.25) is 0 Å². The van der Waals surface area contributed by atoms with Crippen molar-refractivity contribution in [2.45, 2.75) is 25.4 Å². The fourth-order valence-electron chi connectivity index (χ4n) is 2.16. The van der Waals surface area contributed by atoms with Crippen molar-refractivity contribution in [2.24, 2.45) is 0 Å². The van der Waals surface area contributed by atoms with Crippen molar-refractivity contribution in [3.63, 3.8) is 0 Å². The number of urea groups is 1. The van der Waals surface area contributed by atoms with Crippen LogP contribution in [0.5, 0.6) is 0 Å². The highest BCUT2D eigenvalue weighted by atomic mass is 35.5. The fourth-order valence-corrected chi connectivity index (χ4v) is 2.39. The number of carboxylic acids is 1. The van der Waals surface area contributed by atoms with Crippen LogP contribution >= 0.6 is 11.6 Å². The third-order valence-electron chi connectivity index (χ3n) is 3.39. The van der Waals surface area contributed by atoms with Crippen LogP contribution in [-0.2, 0) is 4.74 Å². The molecule has 6 nitrogen and oxygen atoms in total. The quantitative estimate of drug-likeness (QED) is 0.797. The first-order valence-corrected chi connectivity index (χ1v) is 6.99. The van der Waals surface area contributed by atoms with Gasteiger partial charge in [-0.05, 0) is 38.0 Å². The van der Waals surface area contributed by atoms with Crippen molar-refractivity contribution in [1.29, 1.82) is 0 Å². The summed E-state index contributed by atoms with van der Waals surface area (Å²) in [6, 6.07) is 3.72. The highest BCUT2D eigenvalue weighted by molar-refractivity contribution is 6.34. The molecule has 1 aliphatic rings. The molecule has 1 unspecified atom stereocenters. The summed E-state index contributed by atoms with van der Waals surface area (Å²) in [5.41, 5.74) is 0.100. The van der Waals surface area contributed by atoms with Crippen LogP contribution in [0.15, 0.2) is 18.2 Å². The van der Waals surface area contributed by atoms with Crippen molar-refractivity contribution in [3.05, 3.63) is 28.8 Å². The number of carboxylic acid groups (broad SMARTS) is 1. The summed E-state index contributed by atoms with van der Waals surface area (Å²) in [5, 5.41) is 14.3. The lowest BCUT2D eigenvalue weighted by Gasteiger charge is -2.23. The summed E-state index contributed by atoms with van der Waals surface area (Å²) in [7, 11) is 0. The summed E-state index contributed by atoms with van der Waals surface area (Å²) >= 11 is 5.94. The number of nitrogens with one attached hydrogen (secondary N) is 2. The predicted octanol–water partition coefficient (Wildman–Crippen LogP) is 2.73. The second kappa shape index (κ2) is 6.32. The van der Waals surface area contributed by atoms with Crippen LogP contribution in [0.3, 0.4) is 0 Å². The maximum Gasteiger partial charge on any atom is 0.335 e. The molecule has 2 rings (SSSR count). The van der Waals surface area contributed by atoms with Gasteiger partial charge in [-0.25, -0.2) is 9.59 Å². The molecule has 1 atom stereocenters. The lowest BCUT2D eigenvalue weighted by Crippen LogP contribution is -2.41. The maximum atomic E-state index is 11.8. The molecule has 7 heteroatoms. The van der Waals surface area contributed by atoms with Crippen LogP contribution in [0.4, 0.5) is 10.5 Å². The molecule has 0 radical (unpaired) electrons. The van der Waals surface area contributed by atoms with Gasteiger partial charge in [0, 0.05) is 13.2 Å². The van der Waals surface area contributed by atoms with Crippen molar-refractivity contribution >= 4 is 29.3 Å². The Bertz CT molecular complexity index is 556. The van der Waals surface area contributed by atoms with E-state index in [0.717, 1.165) is 12.8 Å². The van der Waals surface area contributed by atoms with Gasteiger partial charge in [-0.1, -0.05) is 11.6 Å². The first-order chi connectivity index (χ1) is 9.89. The largest absolute Gasteiger partial charge is 0.478 e. The van der Waals surface area contributed by atoms with Gasteiger partial charge in [0.2, 0.25) is 0 Å². The van der Waals surface area contributed by atoms with Crippen LogP contribution in [0.2, 0.25) is 5.02 Å². The lowest BCUT2D eigenvalue weighted by atomic mass is 10.0. The van der Waals surface area contributed by atoms with Gasteiger partial charge in [0.05, 0.1) is 21.9 Å². The van der Waals surface area contributed by atoms with E-state index in [0.29, 0.717) is 18.8 Å². The molecule has 2 amide bonds. The molecule has 1 saturated heterocycles. The first-order valence-electron chi connectivity index (χ1n) is 6.61. The van der Waals surface area contributed by atoms with Crippen LogP contribution in [0.1, 0.15) is 30.1 Å². The Labute approximate surface area is 127 Å². The van der Waals surface area contributed by atoms with Gasteiger partial charge >= 0.3 is 12.0 Å². The van der Waals surface area contributed by atoms with Crippen LogP contribution in [0.25, 0.3) is 0 Å². The molecular weight excluding hydrogens is 296 g/mol. The second-order valence-corrected chi connectivity index (χ2v) is 5.62. The molecule has 1 heterocycles. The molecule has 0 bridgehead atoms. The van der Waals surface area contributed by atoms with Crippen LogP contribution in [0, 0.1) is 0 Å². The van der Waals surface area contributed by atoms with E-state index < -0.39 is 12.0 Å². The monoisotopic (exact) mass is 312 g/mol. The van der Waals surface area contributed by atoms with Gasteiger partial charge < -0.3 is 20.5 Å². The number of carbonyl (C=O) groups is 2. The summed E-state index contributed by atoms with van der Waals surface area (Å²) < 4.78 is 5.57. The van der Waals surface area contributed by atoms with Gasteiger partial charge in [0.25, 0.3) is 0 Å². The molecule has 1 fully saturated rings. The number of carbonyl (C=O) groups excluding carboxylic acids is 1. The number of hydrogen-bond donors (Lipinski definition) is 3. The minimum absolute atomic E-state index is 0.0674. The number of halogens is 1. The third-order valence-corrected chi connectivity index (χ3v) is 3.70. The Morgan fingerprint density at radius 3 is 2.81 bits per heavy atom. The van der Waals surface area contributed by atoms with Crippen LogP contribution < -0.4 is 10.6 Å². The van der Waals surface area contributed by atoms with E-state index in [9.17, 15) is 9.59 Å². The normalized spacial score (nSPS) is 21.0.